The molecule has 36 heavy (non-hydrogen) atoms. The molecule has 0 radical (unpaired) electrons. The first-order valence-electron chi connectivity index (χ1n) is 11.3. The molecule has 1 fully saturated rings. The summed E-state index contributed by atoms with van der Waals surface area (Å²) in [6, 6.07) is 16.6. The Hall–Kier alpha value is -3.76. The summed E-state index contributed by atoms with van der Waals surface area (Å²) in [5.74, 6) is -0.373. The second-order valence-corrected chi connectivity index (χ2v) is 9.32. The molecule has 2 amide bonds. The van der Waals surface area contributed by atoms with Gasteiger partial charge >= 0.3 is 5.97 Å². The van der Waals surface area contributed by atoms with E-state index in [-0.39, 0.29) is 24.8 Å². The zero-order valence-electron chi connectivity index (χ0n) is 19.8. The van der Waals surface area contributed by atoms with E-state index in [0.29, 0.717) is 34.3 Å². The summed E-state index contributed by atoms with van der Waals surface area (Å²) >= 11 is 7.26. The Balaban J connectivity index is 1.52. The van der Waals surface area contributed by atoms with Crippen molar-refractivity contribution in [2.75, 3.05) is 23.9 Å². The fraction of sp³-hybridized carbons (Fsp3) is 0.231. The van der Waals surface area contributed by atoms with Crippen LogP contribution in [0.2, 0.25) is 0 Å². The number of nitrogens with zero attached hydrogens (tertiary/aromatic N) is 2. The molecule has 0 spiro atoms. The van der Waals surface area contributed by atoms with E-state index in [0.717, 1.165) is 4.88 Å². The van der Waals surface area contributed by atoms with Crippen molar-refractivity contribution in [3.05, 3.63) is 76.5 Å². The van der Waals surface area contributed by atoms with Crippen molar-refractivity contribution in [3.63, 3.8) is 0 Å². The number of amides is 2. The highest BCUT2D eigenvalue weighted by Gasteiger charge is 2.44. The van der Waals surface area contributed by atoms with E-state index >= 15 is 0 Å². The van der Waals surface area contributed by atoms with Crippen LogP contribution in [0, 0.1) is 0 Å². The van der Waals surface area contributed by atoms with E-state index in [1.165, 1.54) is 4.90 Å². The monoisotopic (exact) mass is 523 g/mol. The molecule has 0 aliphatic carbocycles. The smallest absolute Gasteiger partial charge is 0.338 e. The SMILES string of the molecule is CCOC(=O)c1ccc(NC(=O)C[C@@H]2C(=O)N(c3ccc(OC)cc3)C(=S)N2Cc2cccs2)cc1. The molecule has 0 bridgehead atoms. The van der Waals surface area contributed by atoms with Gasteiger partial charge in [-0.1, -0.05) is 6.07 Å². The third-order valence-corrected chi connectivity index (χ3v) is 6.89. The lowest BCUT2D eigenvalue weighted by atomic mass is 10.1. The molecule has 0 unspecified atom stereocenters. The van der Waals surface area contributed by atoms with Crippen LogP contribution in [-0.2, 0) is 20.9 Å². The van der Waals surface area contributed by atoms with Crippen LogP contribution >= 0.6 is 23.6 Å². The van der Waals surface area contributed by atoms with Crippen molar-refractivity contribution in [2.45, 2.75) is 25.9 Å². The first-order chi connectivity index (χ1) is 17.4. The summed E-state index contributed by atoms with van der Waals surface area (Å²) in [4.78, 5) is 42.6. The van der Waals surface area contributed by atoms with Crippen LogP contribution < -0.4 is 15.0 Å². The zero-order chi connectivity index (χ0) is 25.7. The zero-order valence-corrected chi connectivity index (χ0v) is 21.4. The topological polar surface area (TPSA) is 88.2 Å². The van der Waals surface area contributed by atoms with Crippen LogP contribution in [-0.4, -0.2) is 47.6 Å². The predicted octanol–water partition coefficient (Wildman–Crippen LogP) is 4.46. The molecular weight excluding hydrogens is 498 g/mol. The van der Waals surface area contributed by atoms with E-state index in [9.17, 15) is 14.4 Å². The third kappa shape index (κ3) is 5.55. The number of carbonyl (C=O) groups is 3. The standard InChI is InChI=1S/C26H25N3O5S2/c1-3-34-25(32)17-6-8-18(9-7-17)27-23(30)15-22-24(31)29(19-10-12-20(33-2)13-11-19)26(35)28(22)16-21-5-4-14-36-21/h4-14,22H,3,15-16H2,1-2H3,(H,27,30)/t22-/m1/s1. The summed E-state index contributed by atoms with van der Waals surface area (Å²) < 4.78 is 10.2. The Morgan fingerprint density at radius 1 is 1.08 bits per heavy atom. The first-order valence-corrected chi connectivity index (χ1v) is 12.6. The average Bonchev–Trinajstić information content (AvgIpc) is 3.47. The predicted molar refractivity (Wildman–Crippen MR) is 142 cm³/mol. The fourth-order valence-corrected chi connectivity index (χ4v) is 4.93. The lowest BCUT2D eigenvalue weighted by Crippen LogP contribution is -2.37. The second-order valence-electron chi connectivity index (χ2n) is 7.93. The van der Waals surface area contributed by atoms with Crippen LogP contribution in [0.15, 0.2) is 66.0 Å². The van der Waals surface area contributed by atoms with E-state index in [4.69, 9.17) is 21.7 Å². The molecule has 1 aromatic heterocycles. The van der Waals surface area contributed by atoms with Gasteiger partial charge in [0.25, 0.3) is 5.91 Å². The molecular formula is C26H25N3O5S2. The van der Waals surface area contributed by atoms with Gasteiger partial charge in [0.05, 0.1) is 37.9 Å². The van der Waals surface area contributed by atoms with Crippen LogP contribution in [0.1, 0.15) is 28.6 Å². The molecule has 1 N–H and O–H groups in total. The fourth-order valence-electron chi connectivity index (χ4n) is 3.84. The van der Waals surface area contributed by atoms with Crippen LogP contribution in [0.4, 0.5) is 11.4 Å². The van der Waals surface area contributed by atoms with E-state index in [2.05, 4.69) is 5.32 Å². The molecule has 1 aliphatic heterocycles. The van der Waals surface area contributed by atoms with Gasteiger partial charge in [-0.2, -0.15) is 0 Å². The highest BCUT2D eigenvalue weighted by atomic mass is 32.1. The molecule has 10 heteroatoms. The van der Waals surface area contributed by atoms with Gasteiger partial charge in [0, 0.05) is 10.6 Å². The number of nitrogens with one attached hydrogen (secondary N) is 1. The normalized spacial score (nSPS) is 15.2. The number of hydrogen-bond acceptors (Lipinski definition) is 7. The lowest BCUT2D eigenvalue weighted by Gasteiger charge is -2.23. The maximum Gasteiger partial charge on any atom is 0.338 e. The van der Waals surface area contributed by atoms with Gasteiger partial charge in [-0.25, -0.2) is 4.79 Å². The van der Waals surface area contributed by atoms with Crippen LogP contribution in [0.3, 0.4) is 0 Å². The quantitative estimate of drug-likeness (QED) is 0.327. The summed E-state index contributed by atoms with van der Waals surface area (Å²) in [7, 11) is 1.57. The molecule has 3 aromatic rings. The van der Waals surface area contributed by atoms with Gasteiger partial charge in [0.2, 0.25) is 5.91 Å². The molecule has 2 aromatic carbocycles. The number of ether oxygens (including phenoxy) is 2. The maximum atomic E-state index is 13.5. The Bertz CT molecular complexity index is 1240. The maximum absolute atomic E-state index is 13.5. The Morgan fingerprint density at radius 2 is 1.81 bits per heavy atom. The van der Waals surface area contributed by atoms with Crippen LogP contribution in [0.5, 0.6) is 5.75 Å². The molecule has 1 aliphatic rings. The second kappa shape index (κ2) is 11.3. The average molecular weight is 524 g/mol. The number of hydrogen-bond donors (Lipinski definition) is 1. The summed E-state index contributed by atoms with van der Waals surface area (Å²) in [6.45, 7) is 2.44. The summed E-state index contributed by atoms with van der Waals surface area (Å²) in [5.41, 5.74) is 1.51. The largest absolute Gasteiger partial charge is 0.497 e. The van der Waals surface area contributed by atoms with E-state index < -0.39 is 12.0 Å². The molecule has 4 rings (SSSR count). The Labute approximate surface area is 218 Å². The number of thiocarbonyl (C=S) groups is 1. The number of thiophene rings is 1. The minimum absolute atomic E-state index is 0.0867. The highest BCUT2D eigenvalue weighted by Crippen LogP contribution is 2.30. The molecule has 1 saturated heterocycles. The van der Waals surface area contributed by atoms with E-state index in [1.54, 1.807) is 78.8 Å². The molecule has 186 valence electrons. The van der Waals surface area contributed by atoms with Gasteiger partial charge in [0.1, 0.15) is 11.8 Å². The summed E-state index contributed by atoms with van der Waals surface area (Å²) in [6.07, 6.45) is -0.0867. The van der Waals surface area contributed by atoms with Gasteiger partial charge in [-0.15, -0.1) is 11.3 Å². The minimum Gasteiger partial charge on any atom is -0.497 e. The van der Waals surface area contributed by atoms with Crippen molar-refractivity contribution in [1.29, 1.82) is 0 Å². The van der Waals surface area contributed by atoms with Crippen LogP contribution in [0.25, 0.3) is 0 Å². The number of rotatable bonds is 9. The number of esters is 1. The number of anilines is 2. The third-order valence-electron chi connectivity index (χ3n) is 5.61. The molecule has 1 atom stereocenters. The Morgan fingerprint density at radius 3 is 2.42 bits per heavy atom. The minimum atomic E-state index is -0.763. The van der Waals surface area contributed by atoms with Gasteiger partial charge in [0.15, 0.2) is 5.11 Å². The number of carbonyl (C=O) groups excluding carboxylic acids is 3. The van der Waals surface area contributed by atoms with Crippen molar-refractivity contribution < 1.29 is 23.9 Å². The van der Waals surface area contributed by atoms with Gasteiger partial charge in [-0.05, 0) is 79.1 Å². The lowest BCUT2D eigenvalue weighted by molar-refractivity contribution is -0.124. The van der Waals surface area contributed by atoms with Crippen molar-refractivity contribution >= 4 is 57.8 Å². The van der Waals surface area contributed by atoms with Crippen molar-refractivity contribution in [2.24, 2.45) is 0 Å². The first kappa shape index (κ1) is 25.3. The number of methoxy groups -OCH3 is 1. The molecule has 8 nitrogen and oxygen atoms in total. The molecule has 0 saturated carbocycles. The molecule has 2 heterocycles. The van der Waals surface area contributed by atoms with Gasteiger partial charge < -0.3 is 19.7 Å². The van der Waals surface area contributed by atoms with E-state index in [1.807, 2.05) is 17.5 Å². The number of benzene rings is 2. The van der Waals surface area contributed by atoms with Crippen molar-refractivity contribution in [1.82, 2.24) is 4.90 Å². The van der Waals surface area contributed by atoms with Gasteiger partial charge in [-0.3, -0.25) is 14.5 Å². The van der Waals surface area contributed by atoms with Crippen molar-refractivity contribution in [3.8, 4) is 5.75 Å². The Kier molecular flexibility index (Phi) is 7.97. The highest BCUT2D eigenvalue weighted by molar-refractivity contribution is 7.80. The summed E-state index contributed by atoms with van der Waals surface area (Å²) in [5, 5.41) is 5.11.